The number of carbonyl (C=O) groups is 1. The summed E-state index contributed by atoms with van der Waals surface area (Å²) in [7, 11) is 0. The fraction of sp³-hybridized carbons (Fsp3) is 0.462. The molecule has 0 aliphatic carbocycles. The molecule has 0 fully saturated rings. The van der Waals surface area contributed by atoms with E-state index in [0.717, 1.165) is 22.4 Å². The maximum atomic E-state index is 11.4. The number of Topliss-reactive ketones (excluding diaryl/α,β-unsaturated/α-hetero) is 1. The highest BCUT2D eigenvalue weighted by molar-refractivity contribution is 7.80. The van der Waals surface area contributed by atoms with Gasteiger partial charge in [-0.1, -0.05) is 26.8 Å². The number of benzene rings is 1. The van der Waals surface area contributed by atoms with Crippen LogP contribution in [-0.4, -0.2) is 5.78 Å². The van der Waals surface area contributed by atoms with Gasteiger partial charge in [-0.2, -0.15) is 0 Å². The largest absolute Gasteiger partial charge is 0.295 e. The third-order valence-corrected chi connectivity index (χ3v) is 2.47. The van der Waals surface area contributed by atoms with E-state index in [4.69, 9.17) is 0 Å². The van der Waals surface area contributed by atoms with Gasteiger partial charge in [-0.25, -0.2) is 0 Å². The summed E-state index contributed by atoms with van der Waals surface area (Å²) < 4.78 is 0. The van der Waals surface area contributed by atoms with Crippen LogP contribution in [0.15, 0.2) is 23.1 Å². The van der Waals surface area contributed by atoms with Gasteiger partial charge in [0.05, 0.1) is 0 Å². The van der Waals surface area contributed by atoms with E-state index in [-0.39, 0.29) is 11.2 Å². The van der Waals surface area contributed by atoms with Crippen molar-refractivity contribution in [1.29, 1.82) is 0 Å². The van der Waals surface area contributed by atoms with Crippen molar-refractivity contribution < 1.29 is 4.79 Å². The van der Waals surface area contributed by atoms with E-state index in [1.165, 1.54) is 0 Å². The van der Waals surface area contributed by atoms with Gasteiger partial charge in [-0.15, -0.1) is 12.6 Å². The molecule has 0 N–H and O–H groups in total. The molecule has 1 aromatic rings. The highest BCUT2D eigenvalue weighted by atomic mass is 32.1. The second kappa shape index (κ2) is 4.40. The summed E-state index contributed by atoms with van der Waals surface area (Å²) in [4.78, 5) is 12.4. The third kappa shape index (κ3) is 3.71. The number of thiol groups is 1. The quantitative estimate of drug-likeness (QED) is 0.595. The Balaban J connectivity index is 3.13. The maximum Gasteiger partial charge on any atom is 0.160 e. The van der Waals surface area contributed by atoms with Gasteiger partial charge in [-0.3, -0.25) is 4.79 Å². The van der Waals surface area contributed by atoms with E-state index in [9.17, 15) is 4.79 Å². The van der Waals surface area contributed by atoms with Crippen LogP contribution >= 0.6 is 12.6 Å². The lowest BCUT2D eigenvalue weighted by Gasteiger charge is -2.20. The first-order chi connectivity index (χ1) is 6.79. The van der Waals surface area contributed by atoms with Crippen LogP contribution in [0.5, 0.6) is 0 Å². The zero-order chi connectivity index (χ0) is 11.6. The fourth-order valence-electron chi connectivity index (χ4n) is 1.64. The molecule has 1 aromatic carbocycles. The highest BCUT2D eigenvalue weighted by Crippen LogP contribution is 2.25. The molecule has 0 radical (unpaired) electrons. The normalized spacial score (nSPS) is 11.5. The number of rotatable bonds is 2. The van der Waals surface area contributed by atoms with Gasteiger partial charge in [-0.05, 0) is 36.5 Å². The minimum Gasteiger partial charge on any atom is -0.295 e. The van der Waals surface area contributed by atoms with E-state index in [0.29, 0.717) is 0 Å². The van der Waals surface area contributed by atoms with Crippen LogP contribution < -0.4 is 0 Å². The average molecular weight is 222 g/mol. The van der Waals surface area contributed by atoms with Crippen LogP contribution in [0, 0.1) is 5.41 Å². The number of hydrogen-bond acceptors (Lipinski definition) is 2. The van der Waals surface area contributed by atoms with E-state index in [1.54, 1.807) is 6.92 Å². The SMILES string of the molecule is CC(=O)c1ccc(S)cc1CC(C)(C)C. The lowest BCUT2D eigenvalue weighted by Crippen LogP contribution is -2.12. The lowest BCUT2D eigenvalue weighted by molar-refractivity contribution is 0.101. The molecule has 1 rings (SSSR count). The number of hydrogen-bond donors (Lipinski definition) is 1. The van der Waals surface area contributed by atoms with Crippen molar-refractivity contribution in [3.8, 4) is 0 Å². The van der Waals surface area contributed by atoms with Gasteiger partial charge in [0.25, 0.3) is 0 Å². The van der Waals surface area contributed by atoms with Crippen molar-refractivity contribution in [2.75, 3.05) is 0 Å². The average Bonchev–Trinajstić information content (AvgIpc) is 1.99. The molecular weight excluding hydrogens is 204 g/mol. The summed E-state index contributed by atoms with van der Waals surface area (Å²) in [6.45, 7) is 8.12. The molecule has 0 bridgehead atoms. The predicted octanol–water partition coefficient (Wildman–Crippen LogP) is 3.77. The molecule has 1 nitrogen and oxygen atoms in total. The van der Waals surface area contributed by atoms with Crippen LogP contribution in [0.1, 0.15) is 43.6 Å². The molecule has 0 amide bonds. The van der Waals surface area contributed by atoms with Gasteiger partial charge in [0, 0.05) is 10.5 Å². The molecule has 0 aliphatic rings. The van der Waals surface area contributed by atoms with Crippen LogP contribution in [0.25, 0.3) is 0 Å². The first-order valence-electron chi connectivity index (χ1n) is 5.12. The Labute approximate surface area is 97.3 Å². The second-order valence-electron chi connectivity index (χ2n) is 5.14. The molecule has 0 aliphatic heterocycles. The van der Waals surface area contributed by atoms with Gasteiger partial charge in [0.1, 0.15) is 0 Å². The van der Waals surface area contributed by atoms with Crippen LogP contribution in [-0.2, 0) is 6.42 Å². The Bertz CT molecular complexity index is 375. The van der Waals surface area contributed by atoms with Crippen molar-refractivity contribution in [2.45, 2.75) is 39.0 Å². The van der Waals surface area contributed by atoms with E-state index in [1.807, 2.05) is 18.2 Å². The summed E-state index contributed by atoms with van der Waals surface area (Å²) in [5.74, 6) is 0.127. The number of ketones is 1. The summed E-state index contributed by atoms with van der Waals surface area (Å²) in [5.41, 5.74) is 2.11. The molecule has 82 valence electrons. The van der Waals surface area contributed by atoms with Gasteiger partial charge in [0.2, 0.25) is 0 Å². The first-order valence-corrected chi connectivity index (χ1v) is 5.57. The van der Waals surface area contributed by atoms with Crippen LogP contribution in [0.2, 0.25) is 0 Å². The van der Waals surface area contributed by atoms with E-state index in [2.05, 4.69) is 33.4 Å². The zero-order valence-electron chi connectivity index (χ0n) is 9.79. The smallest absolute Gasteiger partial charge is 0.160 e. The highest BCUT2D eigenvalue weighted by Gasteiger charge is 2.15. The van der Waals surface area contributed by atoms with Crippen molar-refractivity contribution in [2.24, 2.45) is 5.41 Å². The fourth-order valence-corrected chi connectivity index (χ4v) is 1.87. The Morgan fingerprint density at radius 3 is 2.40 bits per heavy atom. The maximum absolute atomic E-state index is 11.4. The molecular formula is C13H18OS. The molecule has 0 saturated heterocycles. The van der Waals surface area contributed by atoms with Crippen molar-refractivity contribution in [3.63, 3.8) is 0 Å². The van der Waals surface area contributed by atoms with Crippen LogP contribution in [0.3, 0.4) is 0 Å². The topological polar surface area (TPSA) is 17.1 Å². The Kier molecular flexibility index (Phi) is 3.61. The molecule has 0 atom stereocenters. The van der Waals surface area contributed by atoms with Crippen molar-refractivity contribution >= 4 is 18.4 Å². The third-order valence-electron chi connectivity index (χ3n) is 2.19. The van der Waals surface area contributed by atoms with E-state index >= 15 is 0 Å². The summed E-state index contributed by atoms with van der Waals surface area (Å²) >= 11 is 4.31. The minimum atomic E-state index is 0.127. The van der Waals surface area contributed by atoms with Crippen molar-refractivity contribution in [3.05, 3.63) is 29.3 Å². The second-order valence-corrected chi connectivity index (χ2v) is 5.65. The first kappa shape index (κ1) is 12.3. The van der Waals surface area contributed by atoms with Gasteiger partial charge >= 0.3 is 0 Å². The van der Waals surface area contributed by atoms with Gasteiger partial charge < -0.3 is 0 Å². The van der Waals surface area contributed by atoms with Crippen LogP contribution in [0.4, 0.5) is 0 Å². The molecule has 0 spiro atoms. The molecule has 0 unspecified atom stereocenters. The van der Waals surface area contributed by atoms with Crippen molar-refractivity contribution in [1.82, 2.24) is 0 Å². The Hall–Kier alpha value is -0.760. The lowest BCUT2D eigenvalue weighted by atomic mass is 9.85. The zero-order valence-corrected chi connectivity index (χ0v) is 10.7. The number of carbonyl (C=O) groups excluding carboxylic acids is 1. The summed E-state index contributed by atoms with van der Waals surface area (Å²) in [6, 6.07) is 5.73. The van der Waals surface area contributed by atoms with Gasteiger partial charge in [0.15, 0.2) is 5.78 Å². The standard InChI is InChI=1S/C13H18OS/c1-9(14)12-6-5-11(15)7-10(12)8-13(2,3)4/h5-7,15H,8H2,1-4H3. The van der Waals surface area contributed by atoms with E-state index < -0.39 is 0 Å². The molecule has 0 aromatic heterocycles. The molecule has 2 heteroatoms. The summed E-state index contributed by atoms with van der Waals surface area (Å²) in [6.07, 6.45) is 0.899. The Morgan fingerprint density at radius 2 is 1.93 bits per heavy atom. The monoisotopic (exact) mass is 222 g/mol. The Morgan fingerprint density at radius 1 is 1.33 bits per heavy atom. The molecule has 0 heterocycles. The summed E-state index contributed by atoms with van der Waals surface area (Å²) in [5, 5.41) is 0. The predicted molar refractivity (Wildman–Crippen MR) is 66.9 cm³/mol. The molecule has 15 heavy (non-hydrogen) atoms. The molecule has 0 saturated carbocycles. The minimum absolute atomic E-state index is 0.127.